The van der Waals surface area contributed by atoms with E-state index >= 15 is 0 Å². The average molecular weight is 810 g/mol. The number of rotatable bonds is 9. The van der Waals surface area contributed by atoms with Gasteiger partial charge in [0.05, 0.1) is 23.5 Å². The van der Waals surface area contributed by atoms with Gasteiger partial charge in [-0.05, 0) is 104 Å². The molecule has 0 spiro atoms. The predicted octanol–water partition coefficient (Wildman–Crippen LogP) is 9.40. The number of aryl methyl sites for hydroxylation is 2. The highest BCUT2D eigenvalue weighted by atomic mass is 35.5. The molecule has 12 heteroatoms. The quantitative estimate of drug-likeness (QED) is 0.165. The summed E-state index contributed by atoms with van der Waals surface area (Å²) >= 11 is 1.53. The molecule has 7 rings (SSSR count). The van der Waals surface area contributed by atoms with E-state index in [1.165, 1.54) is 51.7 Å². The lowest BCUT2D eigenvalue weighted by Crippen LogP contribution is -2.47. The molecule has 1 saturated heterocycles. The lowest BCUT2D eigenvalue weighted by Gasteiger charge is -2.36. The van der Waals surface area contributed by atoms with Crippen molar-refractivity contribution in [1.82, 2.24) is 15.1 Å². The van der Waals surface area contributed by atoms with Crippen LogP contribution in [-0.4, -0.2) is 80.9 Å². The Bertz CT molecular complexity index is 1720. The van der Waals surface area contributed by atoms with Crippen molar-refractivity contribution in [2.75, 3.05) is 70.9 Å². The lowest BCUT2D eigenvalue weighted by atomic mass is 9.93. The molecule has 4 aromatic rings. The third-order valence-corrected chi connectivity index (χ3v) is 10.8. The second-order valence-electron chi connectivity index (χ2n) is 13.0. The van der Waals surface area contributed by atoms with Gasteiger partial charge in [0.2, 0.25) is 0 Å². The van der Waals surface area contributed by atoms with E-state index in [2.05, 4.69) is 69.7 Å². The first-order chi connectivity index (χ1) is 24.4. The van der Waals surface area contributed by atoms with Gasteiger partial charge in [-0.15, -0.1) is 37.2 Å². The number of fused-ring (bicyclic) bond motifs is 4. The third-order valence-electron chi connectivity index (χ3n) is 9.71. The smallest absolute Gasteiger partial charge is 0.395 e. The lowest BCUT2D eigenvalue weighted by molar-refractivity contribution is -0.137. The SMILES string of the molecule is CNCCC=C1c2ccccc2CCc2ccccc21.Cl.Cl.Cl.OCCN1CCN(CCCN2c3ccccc3Sc3ccc(C(F)(F)F)cc32)CC1. The van der Waals surface area contributed by atoms with Crippen LogP contribution in [0.1, 0.15) is 40.7 Å². The van der Waals surface area contributed by atoms with Gasteiger partial charge in [0.25, 0.3) is 0 Å². The number of anilines is 2. The second-order valence-corrected chi connectivity index (χ2v) is 14.1. The first kappa shape index (κ1) is 44.7. The van der Waals surface area contributed by atoms with Gasteiger partial charge >= 0.3 is 6.18 Å². The fourth-order valence-electron chi connectivity index (χ4n) is 7.07. The molecule has 1 fully saturated rings. The van der Waals surface area contributed by atoms with Gasteiger partial charge in [-0.25, -0.2) is 0 Å². The van der Waals surface area contributed by atoms with E-state index in [1.54, 1.807) is 6.07 Å². The minimum atomic E-state index is -4.35. The molecule has 2 heterocycles. The zero-order valence-electron chi connectivity index (χ0n) is 30.0. The van der Waals surface area contributed by atoms with Crippen molar-refractivity contribution >= 4 is 65.9 Å². The van der Waals surface area contributed by atoms with Crippen LogP contribution in [0.4, 0.5) is 24.5 Å². The Morgan fingerprint density at radius 3 is 1.89 bits per heavy atom. The van der Waals surface area contributed by atoms with Gasteiger partial charge < -0.3 is 20.2 Å². The molecule has 4 aromatic carbocycles. The maximum Gasteiger partial charge on any atom is 0.416 e. The average Bonchev–Trinajstić information content (AvgIpc) is 3.29. The molecule has 0 saturated carbocycles. The van der Waals surface area contributed by atoms with Crippen molar-refractivity contribution < 1.29 is 18.3 Å². The Morgan fingerprint density at radius 1 is 0.717 bits per heavy atom. The van der Waals surface area contributed by atoms with E-state index in [1.807, 2.05) is 36.2 Å². The molecule has 0 atom stereocenters. The molecule has 0 bridgehead atoms. The number of hydrogen-bond acceptors (Lipinski definition) is 6. The van der Waals surface area contributed by atoms with Gasteiger partial charge in [0.15, 0.2) is 0 Å². The summed E-state index contributed by atoms with van der Waals surface area (Å²) in [5, 5.41) is 12.3. The number of para-hydroxylation sites is 1. The van der Waals surface area contributed by atoms with Gasteiger partial charge in [0.1, 0.15) is 0 Å². The number of benzene rings is 4. The third kappa shape index (κ3) is 11.4. The standard InChI is InChI=1S/C22H26F3N3OS.C19H21N.3ClH/c23-22(24,25)17-6-7-21-19(16-17)28(18-4-1-2-5-20(18)30-21)9-3-8-26-10-12-27(13-11-26)14-15-29;1-20-14-6-11-19-17-9-4-2-7-15(17)12-13-16-8-3-5-10-18(16)19;;;/h1-2,4-7,16,29H,3,8-15H2;2-5,7-11,20H,6,12-14H2,1H3;3*1H. The largest absolute Gasteiger partial charge is 0.416 e. The van der Waals surface area contributed by atoms with E-state index in [-0.39, 0.29) is 43.8 Å². The Kier molecular flexibility index (Phi) is 18.0. The summed E-state index contributed by atoms with van der Waals surface area (Å²) in [6.45, 7) is 7.31. The van der Waals surface area contributed by atoms with Crippen molar-refractivity contribution in [3.05, 3.63) is 125 Å². The number of β-amino-alcohol motifs (C(OH)–C–C–N with tert-alkyl or cyclic N) is 1. The van der Waals surface area contributed by atoms with E-state index in [4.69, 9.17) is 5.11 Å². The van der Waals surface area contributed by atoms with Crippen LogP contribution >= 0.6 is 49.0 Å². The summed E-state index contributed by atoms with van der Waals surface area (Å²) < 4.78 is 39.9. The Labute approximate surface area is 335 Å². The Morgan fingerprint density at radius 2 is 1.28 bits per heavy atom. The molecule has 0 amide bonds. The Hall–Kier alpha value is -2.73. The molecule has 3 aliphatic rings. The van der Waals surface area contributed by atoms with Crippen LogP contribution in [0.3, 0.4) is 0 Å². The summed E-state index contributed by atoms with van der Waals surface area (Å²) in [5.41, 5.74) is 8.18. The van der Waals surface area contributed by atoms with Crippen LogP contribution in [0.25, 0.3) is 5.57 Å². The highest BCUT2D eigenvalue weighted by molar-refractivity contribution is 7.99. The van der Waals surface area contributed by atoms with Crippen LogP contribution in [0, 0.1) is 0 Å². The number of nitrogens with one attached hydrogen (secondary N) is 1. The van der Waals surface area contributed by atoms with Crippen molar-refractivity contribution in [2.45, 2.75) is 41.7 Å². The van der Waals surface area contributed by atoms with Crippen LogP contribution in [0.2, 0.25) is 0 Å². The first-order valence-electron chi connectivity index (χ1n) is 17.7. The summed E-state index contributed by atoms with van der Waals surface area (Å²) in [5.74, 6) is 0. The van der Waals surface area contributed by atoms with E-state index in [0.29, 0.717) is 18.8 Å². The zero-order chi connectivity index (χ0) is 34.9. The van der Waals surface area contributed by atoms with Crippen LogP contribution in [0.5, 0.6) is 0 Å². The van der Waals surface area contributed by atoms with Crippen molar-refractivity contribution in [1.29, 1.82) is 0 Å². The zero-order valence-corrected chi connectivity index (χ0v) is 33.3. The molecule has 2 N–H and O–H groups in total. The molecule has 5 nitrogen and oxygen atoms in total. The number of aliphatic hydroxyl groups excluding tert-OH is 1. The highest BCUT2D eigenvalue weighted by Crippen LogP contribution is 2.49. The summed E-state index contributed by atoms with van der Waals surface area (Å²) in [6, 6.07) is 29.6. The molecule has 0 unspecified atom stereocenters. The van der Waals surface area contributed by atoms with Crippen LogP contribution in [-0.2, 0) is 19.0 Å². The van der Waals surface area contributed by atoms with Crippen molar-refractivity contribution in [3.63, 3.8) is 0 Å². The van der Waals surface area contributed by atoms with Crippen molar-refractivity contribution in [3.8, 4) is 0 Å². The molecule has 1 aliphatic carbocycles. The van der Waals surface area contributed by atoms with E-state index < -0.39 is 11.7 Å². The number of aliphatic hydroxyl groups is 1. The van der Waals surface area contributed by atoms with E-state index in [0.717, 1.165) is 80.4 Å². The molecule has 288 valence electrons. The minimum Gasteiger partial charge on any atom is -0.395 e. The summed E-state index contributed by atoms with van der Waals surface area (Å²) in [6.07, 6.45) is 2.24. The maximum atomic E-state index is 13.3. The molecule has 0 radical (unpaired) electrons. The van der Waals surface area contributed by atoms with Crippen LogP contribution < -0.4 is 10.2 Å². The fourth-order valence-corrected chi connectivity index (χ4v) is 8.15. The topological polar surface area (TPSA) is 42.0 Å². The first-order valence-corrected chi connectivity index (χ1v) is 18.5. The van der Waals surface area contributed by atoms with E-state index in [9.17, 15) is 13.2 Å². The molecular weight excluding hydrogens is 760 g/mol. The van der Waals surface area contributed by atoms with Gasteiger partial charge in [-0.1, -0.05) is 78.5 Å². The summed E-state index contributed by atoms with van der Waals surface area (Å²) in [4.78, 5) is 8.62. The Balaban J connectivity index is 0.000000289. The number of halogens is 6. The minimum absolute atomic E-state index is 0. The van der Waals surface area contributed by atoms with Crippen LogP contribution in [0.15, 0.2) is 107 Å². The molecule has 2 aliphatic heterocycles. The number of hydrogen-bond donors (Lipinski definition) is 2. The molecule has 53 heavy (non-hydrogen) atoms. The predicted molar refractivity (Wildman–Crippen MR) is 221 cm³/mol. The summed E-state index contributed by atoms with van der Waals surface area (Å²) in [7, 11) is 2.01. The number of piperazine rings is 1. The van der Waals surface area contributed by atoms with Crippen molar-refractivity contribution in [2.24, 2.45) is 0 Å². The molecule has 0 aromatic heterocycles. The van der Waals surface area contributed by atoms with Gasteiger partial charge in [-0.2, -0.15) is 13.2 Å². The highest BCUT2D eigenvalue weighted by Gasteiger charge is 2.33. The maximum absolute atomic E-state index is 13.3. The fraction of sp³-hybridized carbons (Fsp3) is 0.366. The second kappa shape index (κ2) is 21.4. The monoisotopic (exact) mass is 808 g/mol. The normalized spacial score (nSPS) is 15.0. The number of alkyl halides is 3. The van der Waals surface area contributed by atoms with Gasteiger partial charge in [0, 0.05) is 49.1 Å². The molecular formula is C41H50Cl3F3N4OS. The number of nitrogens with zero attached hydrogens (tertiary/aromatic N) is 3. The van der Waals surface area contributed by atoms with Gasteiger partial charge in [-0.3, -0.25) is 4.90 Å².